The van der Waals surface area contributed by atoms with E-state index < -0.39 is 0 Å². The van der Waals surface area contributed by atoms with Crippen LogP contribution in [0.2, 0.25) is 5.02 Å². The monoisotopic (exact) mass is 411 g/mol. The highest BCUT2D eigenvalue weighted by Gasteiger charge is 2.32. The zero-order valence-corrected chi connectivity index (χ0v) is 17.3. The predicted octanol–water partition coefficient (Wildman–Crippen LogP) is 6.18. The number of anilines is 1. The quantitative estimate of drug-likeness (QED) is 0.510. The Kier molecular flexibility index (Phi) is 4.44. The molecule has 2 aliphatic rings. The van der Waals surface area contributed by atoms with E-state index in [0.29, 0.717) is 11.6 Å². The fourth-order valence-corrected chi connectivity index (χ4v) is 5.87. The van der Waals surface area contributed by atoms with Gasteiger partial charge in [-0.05, 0) is 74.6 Å². The molecule has 0 unspecified atom stereocenters. The molecule has 1 aliphatic carbocycles. The van der Waals surface area contributed by atoms with Gasteiger partial charge in [-0.25, -0.2) is 4.79 Å². The van der Waals surface area contributed by atoms with E-state index in [4.69, 9.17) is 11.6 Å². The van der Waals surface area contributed by atoms with Crippen molar-refractivity contribution in [2.24, 2.45) is 0 Å². The van der Waals surface area contributed by atoms with Crippen molar-refractivity contribution in [1.29, 1.82) is 0 Å². The number of nitrogens with one attached hydrogen (secondary N) is 1. The molecule has 5 rings (SSSR count). The summed E-state index contributed by atoms with van der Waals surface area (Å²) < 4.78 is 2.29. The Morgan fingerprint density at radius 3 is 2.75 bits per heavy atom. The van der Waals surface area contributed by atoms with Gasteiger partial charge in [0.25, 0.3) is 0 Å². The number of carbonyl (C=O) groups is 1. The molecule has 2 aromatic heterocycles. The van der Waals surface area contributed by atoms with Crippen molar-refractivity contribution in [2.75, 3.05) is 5.32 Å². The molecule has 1 aromatic carbocycles. The van der Waals surface area contributed by atoms with Gasteiger partial charge in [0.15, 0.2) is 0 Å². The second-order valence-corrected chi connectivity index (χ2v) is 9.06. The molecule has 1 N–H and O–H groups in total. The lowest BCUT2D eigenvalue weighted by atomic mass is 9.95. The van der Waals surface area contributed by atoms with Crippen LogP contribution in [0.15, 0.2) is 42.6 Å². The molecule has 3 heterocycles. The maximum Gasteiger partial charge on any atom is 0.322 e. The van der Waals surface area contributed by atoms with Gasteiger partial charge >= 0.3 is 6.03 Å². The summed E-state index contributed by atoms with van der Waals surface area (Å²) in [5, 5.41) is 5.00. The second kappa shape index (κ2) is 6.98. The molecule has 28 heavy (non-hydrogen) atoms. The van der Waals surface area contributed by atoms with Crippen molar-refractivity contribution in [3.05, 3.63) is 69.3 Å². The Balaban J connectivity index is 1.54. The van der Waals surface area contributed by atoms with Crippen LogP contribution in [-0.4, -0.2) is 15.5 Å². The Morgan fingerprint density at radius 1 is 1.14 bits per heavy atom. The highest BCUT2D eigenvalue weighted by atomic mass is 35.5. The number of nitrogens with zero attached hydrogens (tertiary/aromatic N) is 2. The molecule has 144 valence electrons. The summed E-state index contributed by atoms with van der Waals surface area (Å²) in [5.41, 5.74) is 4.72. The Morgan fingerprint density at radius 2 is 1.93 bits per heavy atom. The summed E-state index contributed by atoms with van der Waals surface area (Å²) >= 11 is 7.88. The maximum absolute atomic E-state index is 13.2. The lowest BCUT2D eigenvalue weighted by Crippen LogP contribution is -2.36. The molecular weight excluding hydrogens is 390 g/mol. The predicted molar refractivity (Wildman–Crippen MR) is 115 cm³/mol. The number of aryl methyl sites for hydroxylation is 1. The van der Waals surface area contributed by atoms with Crippen LogP contribution in [0, 0.1) is 0 Å². The smallest absolute Gasteiger partial charge is 0.312 e. The summed E-state index contributed by atoms with van der Waals surface area (Å²) in [5.74, 6) is 0. The van der Waals surface area contributed by atoms with Crippen molar-refractivity contribution in [2.45, 2.75) is 45.2 Å². The number of benzene rings is 1. The molecule has 3 aromatic rings. The Labute approximate surface area is 173 Å². The van der Waals surface area contributed by atoms with E-state index in [1.54, 1.807) is 12.1 Å². The first-order valence-corrected chi connectivity index (χ1v) is 11.0. The van der Waals surface area contributed by atoms with E-state index in [1.807, 2.05) is 28.4 Å². The molecule has 0 radical (unpaired) electrons. The van der Waals surface area contributed by atoms with Gasteiger partial charge in [-0.1, -0.05) is 11.6 Å². The van der Waals surface area contributed by atoms with Crippen molar-refractivity contribution < 1.29 is 4.79 Å². The van der Waals surface area contributed by atoms with E-state index in [9.17, 15) is 4.79 Å². The third-order valence-electron chi connectivity index (χ3n) is 5.84. The second-order valence-electron chi connectivity index (χ2n) is 7.54. The number of carbonyl (C=O) groups excluding carboxylic acids is 1. The van der Waals surface area contributed by atoms with E-state index in [2.05, 4.69) is 35.1 Å². The lowest BCUT2D eigenvalue weighted by Gasteiger charge is -2.28. The minimum Gasteiger partial charge on any atom is -0.312 e. The summed E-state index contributed by atoms with van der Waals surface area (Å²) in [6.45, 7) is 2.75. The molecule has 2 amide bonds. The number of aromatic nitrogens is 1. The number of thiophene rings is 1. The van der Waals surface area contributed by atoms with E-state index in [0.717, 1.165) is 24.2 Å². The minimum atomic E-state index is -0.0776. The van der Waals surface area contributed by atoms with Crippen LogP contribution < -0.4 is 5.32 Å². The van der Waals surface area contributed by atoms with Gasteiger partial charge < -0.3 is 14.8 Å². The van der Waals surface area contributed by atoms with Crippen LogP contribution in [-0.2, 0) is 19.4 Å². The molecule has 6 heteroatoms. The Bertz CT molecular complexity index is 1040. The summed E-state index contributed by atoms with van der Waals surface area (Å²) in [7, 11) is 0. The first kappa shape index (κ1) is 17.8. The van der Waals surface area contributed by atoms with Gasteiger partial charge in [0.1, 0.15) is 5.00 Å². The third-order valence-corrected chi connectivity index (χ3v) is 7.42. The molecule has 0 bridgehead atoms. The van der Waals surface area contributed by atoms with Gasteiger partial charge in [-0.15, -0.1) is 11.3 Å². The first-order valence-electron chi connectivity index (χ1n) is 9.76. The molecule has 0 saturated heterocycles. The van der Waals surface area contributed by atoms with Crippen molar-refractivity contribution in [3.63, 3.8) is 0 Å². The fraction of sp³-hybridized carbons (Fsp3) is 0.318. The minimum absolute atomic E-state index is 0.0128. The van der Waals surface area contributed by atoms with Crippen LogP contribution in [0.5, 0.6) is 0 Å². The molecule has 4 nitrogen and oxygen atoms in total. The topological polar surface area (TPSA) is 37.3 Å². The Hall–Kier alpha value is -2.24. The number of amides is 2. The average molecular weight is 412 g/mol. The van der Waals surface area contributed by atoms with Gasteiger partial charge in [0.2, 0.25) is 0 Å². The summed E-state index contributed by atoms with van der Waals surface area (Å²) in [4.78, 5) is 16.7. The summed E-state index contributed by atoms with van der Waals surface area (Å²) in [6.07, 6.45) is 6.92. The number of fused-ring (bicyclic) bond motifs is 5. The van der Waals surface area contributed by atoms with Gasteiger partial charge in [-0.2, -0.15) is 0 Å². The van der Waals surface area contributed by atoms with Crippen molar-refractivity contribution in [1.82, 2.24) is 9.47 Å². The standard InChI is InChI=1S/C22H22ClN3OS/c1-14-19-6-4-12-25(19)21-18(17-5-2-3-7-20(17)28-21)13-26(14)22(27)24-16-10-8-15(23)9-11-16/h4,6,8-12,14H,2-3,5,7,13H2,1H3,(H,24,27)/t14-/m0/s1. The van der Waals surface area contributed by atoms with E-state index in [1.165, 1.54) is 33.8 Å². The number of hydrogen-bond acceptors (Lipinski definition) is 2. The highest BCUT2D eigenvalue weighted by molar-refractivity contribution is 7.15. The van der Waals surface area contributed by atoms with Crippen LogP contribution >= 0.6 is 22.9 Å². The molecule has 1 atom stereocenters. The number of urea groups is 1. The summed E-state index contributed by atoms with van der Waals surface area (Å²) in [6, 6.07) is 11.4. The van der Waals surface area contributed by atoms with Gasteiger partial charge in [-0.3, -0.25) is 0 Å². The molecule has 0 fully saturated rings. The number of halogens is 1. The molecular formula is C22H22ClN3OS. The van der Waals surface area contributed by atoms with Gasteiger partial charge in [0.05, 0.1) is 12.6 Å². The molecule has 0 spiro atoms. The van der Waals surface area contributed by atoms with Crippen LogP contribution in [0.1, 0.15) is 47.5 Å². The van der Waals surface area contributed by atoms with Gasteiger partial charge in [0, 0.05) is 33.0 Å². The average Bonchev–Trinajstić information content (AvgIpc) is 3.29. The highest BCUT2D eigenvalue weighted by Crippen LogP contribution is 2.42. The molecule has 0 saturated carbocycles. The van der Waals surface area contributed by atoms with Crippen LogP contribution in [0.3, 0.4) is 0 Å². The third kappa shape index (κ3) is 2.93. The molecule has 1 aliphatic heterocycles. The largest absolute Gasteiger partial charge is 0.322 e. The van der Waals surface area contributed by atoms with Crippen LogP contribution in [0.25, 0.3) is 5.00 Å². The van der Waals surface area contributed by atoms with E-state index >= 15 is 0 Å². The normalized spacial score (nSPS) is 18.1. The van der Waals surface area contributed by atoms with Crippen LogP contribution in [0.4, 0.5) is 10.5 Å². The van der Waals surface area contributed by atoms with E-state index in [-0.39, 0.29) is 12.1 Å². The zero-order valence-electron chi connectivity index (χ0n) is 15.7. The zero-order chi connectivity index (χ0) is 19.3. The maximum atomic E-state index is 13.2. The van der Waals surface area contributed by atoms with Crippen molar-refractivity contribution in [3.8, 4) is 5.00 Å². The number of rotatable bonds is 1. The lowest BCUT2D eigenvalue weighted by molar-refractivity contribution is 0.189. The fourth-order valence-electron chi connectivity index (χ4n) is 4.34. The number of hydrogen-bond donors (Lipinski definition) is 1. The van der Waals surface area contributed by atoms with Crippen molar-refractivity contribution >= 4 is 34.7 Å². The first-order chi connectivity index (χ1) is 13.6. The SMILES string of the molecule is C[C@H]1c2cccn2-c2sc3c(c2CN1C(=O)Nc1ccc(Cl)cc1)CCCC3.